The van der Waals surface area contributed by atoms with Crippen molar-refractivity contribution in [1.82, 2.24) is 20.0 Å². The Morgan fingerprint density at radius 2 is 2.03 bits per heavy atom. The van der Waals surface area contributed by atoms with Gasteiger partial charge in [0, 0.05) is 36.7 Å². The molecule has 166 valence electrons. The van der Waals surface area contributed by atoms with E-state index in [4.69, 9.17) is 14.2 Å². The van der Waals surface area contributed by atoms with Crippen LogP contribution >= 0.6 is 0 Å². The fourth-order valence-electron chi connectivity index (χ4n) is 3.40. The van der Waals surface area contributed by atoms with E-state index in [1.54, 1.807) is 26.2 Å². The molecule has 1 N–H and O–H groups in total. The van der Waals surface area contributed by atoms with Crippen LogP contribution < -0.4 is 20.3 Å². The highest BCUT2D eigenvalue weighted by Crippen LogP contribution is 2.30. The van der Waals surface area contributed by atoms with Crippen LogP contribution in [0.3, 0.4) is 0 Å². The number of hydrogen-bond donors (Lipinski definition) is 1. The van der Waals surface area contributed by atoms with Crippen molar-refractivity contribution >= 4 is 12.0 Å². The molecule has 1 aromatic heterocycles. The lowest BCUT2D eigenvalue weighted by Crippen LogP contribution is -2.40. The Labute approximate surface area is 179 Å². The number of amides is 2. The smallest absolute Gasteiger partial charge is 0.410 e. The molecular weight excluding hydrogens is 404 g/mol. The SMILES string of the molecule is CCOC(=O)N1CCc2nn(CC(=O)NCc3cccc(OC)c3OC)c(=O)cc2C1. The molecule has 10 nitrogen and oxygen atoms in total. The molecule has 10 heteroatoms. The number of carbonyl (C=O) groups excluding carboxylic acids is 2. The van der Waals surface area contributed by atoms with Gasteiger partial charge in [0.05, 0.1) is 33.1 Å². The van der Waals surface area contributed by atoms with E-state index in [1.807, 2.05) is 6.07 Å². The molecule has 0 aliphatic carbocycles. The summed E-state index contributed by atoms with van der Waals surface area (Å²) >= 11 is 0. The Bertz CT molecular complexity index is 1020. The fraction of sp³-hybridized carbons (Fsp3) is 0.429. The number of rotatable bonds is 7. The van der Waals surface area contributed by atoms with Gasteiger partial charge in [0.1, 0.15) is 6.54 Å². The van der Waals surface area contributed by atoms with Gasteiger partial charge in [-0.3, -0.25) is 9.59 Å². The second-order valence-electron chi connectivity index (χ2n) is 6.91. The van der Waals surface area contributed by atoms with Crippen LogP contribution in [0.4, 0.5) is 4.79 Å². The van der Waals surface area contributed by atoms with Gasteiger partial charge in [-0.1, -0.05) is 12.1 Å². The first-order chi connectivity index (χ1) is 15.0. The number of hydrogen-bond acceptors (Lipinski definition) is 7. The Morgan fingerprint density at radius 3 is 2.74 bits per heavy atom. The molecule has 0 atom stereocenters. The first-order valence-electron chi connectivity index (χ1n) is 9.95. The van der Waals surface area contributed by atoms with Crippen molar-refractivity contribution in [2.45, 2.75) is 33.0 Å². The summed E-state index contributed by atoms with van der Waals surface area (Å²) in [4.78, 5) is 38.3. The number of methoxy groups -OCH3 is 2. The average Bonchev–Trinajstić information content (AvgIpc) is 2.77. The highest BCUT2D eigenvalue weighted by Gasteiger charge is 2.24. The van der Waals surface area contributed by atoms with Crippen molar-refractivity contribution in [3.05, 3.63) is 51.4 Å². The van der Waals surface area contributed by atoms with E-state index in [1.165, 1.54) is 18.1 Å². The Balaban J connectivity index is 1.65. The van der Waals surface area contributed by atoms with Gasteiger partial charge < -0.3 is 24.4 Å². The highest BCUT2D eigenvalue weighted by molar-refractivity contribution is 5.75. The zero-order valence-electron chi connectivity index (χ0n) is 17.8. The third kappa shape index (κ3) is 5.14. The molecule has 0 spiro atoms. The summed E-state index contributed by atoms with van der Waals surface area (Å²) in [5.74, 6) is 0.752. The fourth-order valence-corrected chi connectivity index (χ4v) is 3.40. The van der Waals surface area contributed by atoms with Crippen molar-refractivity contribution in [3.8, 4) is 11.5 Å². The minimum atomic E-state index is -0.412. The Kier molecular flexibility index (Phi) is 7.11. The second kappa shape index (κ2) is 9.96. The first kappa shape index (κ1) is 22.1. The molecule has 0 fully saturated rings. The standard InChI is InChI=1S/C21H26N4O6/c1-4-31-21(28)24-9-8-16-15(12-24)10-19(27)25(23-16)13-18(26)22-11-14-6-5-7-17(29-2)20(14)30-3/h5-7,10H,4,8-9,11-13H2,1-3H3,(H,22,26). The lowest BCUT2D eigenvalue weighted by Gasteiger charge is -2.27. The molecule has 2 heterocycles. The van der Waals surface area contributed by atoms with Gasteiger partial charge in [0.25, 0.3) is 5.56 Å². The molecule has 0 radical (unpaired) electrons. The van der Waals surface area contributed by atoms with E-state index in [2.05, 4.69) is 10.4 Å². The molecule has 3 rings (SSSR count). The molecule has 2 aromatic rings. The van der Waals surface area contributed by atoms with Crippen LogP contribution in [0.1, 0.15) is 23.7 Å². The normalized spacial score (nSPS) is 12.7. The summed E-state index contributed by atoms with van der Waals surface area (Å²) in [6, 6.07) is 6.81. The van der Waals surface area contributed by atoms with E-state index < -0.39 is 11.7 Å². The van der Waals surface area contributed by atoms with E-state index >= 15 is 0 Å². The van der Waals surface area contributed by atoms with Gasteiger partial charge in [-0.15, -0.1) is 0 Å². The minimum absolute atomic E-state index is 0.208. The van der Waals surface area contributed by atoms with Gasteiger partial charge in [-0.05, 0) is 13.0 Å². The summed E-state index contributed by atoms with van der Waals surface area (Å²) in [7, 11) is 3.07. The summed E-state index contributed by atoms with van der Waals surface area (Å²) < 4.78 is 16.8. The van der Waals surface area contributed by atoms with Crippen molar-refractivity contribution in [2.24, 2.45) is 0 Å². The molecule has 0 saturated carbocycles. The first-order valence-corrected chi connectivity index (χ1v) is 9.95. The number of benzene rings is 1. The van der Waals surface area contributed by atoms with Crippen LogP contribution in [-0.2, 0) is 35.6 Å². The van der Waals surface area contributed by atoms with Gasteiger partial charge in [0.2, 0.25) is 5.91 Å². The molecule has 1 aromatic carbocycles. The van der Waals surface area contributed by atoms with Gasteiger partial charge in [-0.2, -0.15) is 5.10 Å². The second-order valence-corrected chi connectivity index (χ2v) is 6.91. The maximum atomic E-state index is 12.4. The summed E-state index contributed by atoms with van der Waals surface area (Å²) in [6.45, 7) is 2.75. The average molecular weight is 430 g/mol. The van der Waals surface area contributed by atoms with Crippen molar-refractivity contribution in [2.75, 3.05) is 27.4 Å². The van der Waals surface area contributed by atoms with E-state index in [0.29, 0.717) is 42.3 Å². The third-order valence-corrected chi connectivity index (χ3v) is 4.92. The molecule has 1 aliphatic heterocycles. The van der Waals surface area contributed by atoms with Crippen LogP contribution in [0.25, 0.3) is 0 Å². The van der Waals surface area contributed by atoms with E-state index in [-0.39, 0.29) is 25.5 Å². The molecule has 0 saturated heterocycles. The molecular formula is C21H26N4O6. The van der Waals surface area contributed by atoms with Crippen molar-refractivity contribution < 1.29 is 23.8 Å². The number of ether oxygens (including phenoxy) is 3. The summed E-state index contributed by atoms with van der Waals surface area (Å²) in [6.07, 6.45) is 0.0709. The topological polar surface area (TPSA) is 112 Å². The van der Waals surface area contributed by atoms with E-state index in [9.17, 15) is 14.4 Å². The van der Waals surface area contributed by atoms with E-state index in [0.717, 1.165) is 10.2 Å². The summed E-state index contributed by atoms with van der Waals surface area (Å²) in [5.41, 5.74) is 1.71. The number of fused-ring (bicyclic) bond motifs is 1. The number of nitrogens with one attached hydrogen (secondary N) is 1. The molecule has 0 unspecified atom stereocenters. The van der Waals surface area contributed by atoms with Gasteiger partial charge >= 0.3 is 6.09 Å². The highest BCUT2D eigenvalue weighted by atomic mass is 16.6. The quantitative estimate of drug-likeness (QED) is 0.700. The molecule has 2 amide bonds. The monoisotopic (exact) mass is 430 g/mol. The van der Waals surface area contributed by atoms with Crippen LogP contribution in [-0.4, -0.2) is 54.1 Å². The van der Waals surface area contributed by atoms with Crippen LogP contribution in [0.15, 0.2) is 29.1 Å². The number of nitrogens with zero attached hydrogens (tertiary/aromatic N) is 3. The zero-order chi connectivity index (χ0) is 22.4. The lowest BCUT2D eigenvalue weighted by molar-refractivity contribution is -0.122. The molecule has 31 heavy (non-hydrogen) atoms. The Hall–Kier alpha value is -3.56. The maximum Gasteiger partial charge on any atom is 0.410 e. The number of carbonyl (C=O) groups is 2. The van der Waals surface area contributed by atoms with Crippen LogP contribution in [0.5, 0.6) is 11.5 Å². The minimum Gasteiger partial charge on any atom is -0.493 e. The number of para-hydroxylation sites is 1. The van der Waals surface area contributed by atoms with Crippen molar-refractivity contribution in [3.63, 3.8) is 0 Å². The molecule has 1 aliphatic rings. The largest absolute Gasteiger partial charge is 0.493 e. The van der Waals surface area contributed by atoms with Crippen molar-refractivity contribution in [1.29, 1.82) is 0 Å². The predicted octanol–water partition coefficient (Wildman–Crippen LogP) is 1.09. The third-order valence-electron chi connectivity index (χ3n) is 4.92. The summed E-state index contributed by atoms with van der Waals surface area (Å²) in [5, 5.41) is 7.10. The van der Waals surface area contributed by atoms with Crippen LogP contribution in [0, 0.1) is 0 Å². The lowest BCUT2D eigenvalue weighted by atomic mass is 10.1. The zero-order valence-corrected chi connectivity index (χ0v) is 17.8. The van der Waals surface area contributed by atoms with Gasteiger partial charge in [0.15, 0.2) is 11.5 Å². The van der Waals surface area contributed by atoms with Crippen LogP contribution in [0.2, 0.25) is 0 Å². The maximum absolute atomic E-state index is 12.4. The molecule has 0 bridgehead atoms. The number of aromatic nitrogens is 2. The predicted molar refractivity (Wildman–Crippen MR) is 111 cm³/mol. The van der Waals surface area contributed by atoms with Gasteiger partial charge in [-0.25, -0.2) is 9.48 Å². The Morgan fingerprint density at radius 1 is 1.23 bits per heavy atom.